The smallest absolute Gasteiger partial charge is 0.308 e. The van der Waals surface area contributed by atoms with Crippen molar-refractivity contribution in [3.8, 4) is 0 Å². The Bertz CT molecular complexity index is 1170. The van der Waals surface area contributed by atoms with E-state index < -0.39 is 41.6 Å². The molecule has 5 rings (SSSR count). The van der Waals surface area contributed by atoms with Crippen LogP contribution < -0.4 is 10.2 Å². The maximum absolute atomic E-state index is 13.4. The molecule has 2 N–H and O–H groups in total. The number of carboxylic acids is 1. The largest absolute Gasteiger partial charge is 0.481 e. The lowest BCUT2D eigenvalue weighted by atomic mass is 9.93. The Morgan fingerprint density at radius 3 is 2.53 bits per heavy atom. The molecular weight excluding hydrogens is 468 g/mol. The molecule has 11 nitrogen and oxygen atoms in total. The zero-order valence-corrected chi connectivity index (χ0v) is 19.8. The number of anilines is 1. The molecule has 3 fully saturated rings. The number of carboxylic acid groups (broad SMARTS) is 1. The first-order chi connectivity index (χ1) is 17.2. The van der Waals surface area contributed by atoms with E-state index in [0.717, 1.165) is 17.7 Å². The number of amides is 5. The van der Waals surface area contributed by atoms with E-state index in [2.05, 4.69) is 5.32 Å². The highest BCUT2D eigenvalue weighted by Gasteiger charge is 2.46. The van der Waals surface area contributed by atoms with Gasteiger partial charge in [0, 0.05) is 39.0 Å². The number of rotatable bonds is 5. The normalized spacial score (nSPS) is 26.3. The van der Waals surface area contributed by atoms with Gasteiger partial charge in [0.1, 0.15) is 6.04 Å². The van der Waals surface area contributed by atoms with Crippen LogP contribution in [0.4, 0.5) is 5.69 Å². The second kappa shape index (κ2) is 9.36. The van der Waals surface area contributed by atoms with Crippen molar-refractivity contribution >= 4 is 41.2 Å². The van der Waals surface area contributed by atoms with E-state index >= 15 is 0 Å². The number of carbonyl (C=O) groups is 6. The lowest BCUT2D eigenvalue weighted by molar-refractivity contribution is -0.141. The summed E-state index contributed by atoms with van der Waals surface area (Å²) in [6.07, 6.45) is 2.56. The zero-order chi connectivity index (χ0) is 25.6. The molecule has 4 aliphatic heterocycles. The molecule has 36 heavy (non-hydrogen) atoms. The Balaban J connectivity index is 1.31. The van der Waals surface area contributed by atoms with Gasteiger partial charge in [0.15, 0.2) is 0 Å². The molecule has 4 heterocycles. The van der Waals surface area contributed by atoms with E-state index in [-0.39, 0.29) is 42.3 Å². The molecule has 1 aromatic carbocycles. The minimum atomic E-state index is -1.02. The number of imide groups is 2. The van der Waals surface area contributed by atoms with E-state index in [0.29, 0.717) is 38.2 Å². The predicted octanol–water partition coefficient (Wildman–Crippen LogP) is 0.627. The summed E-state index contributed by atoms with van der Waals surface area (Å²) in [4.78, 5) is 79.1. The molecule has 0 aromatic heterocycles. The van der Waals surface area contributed by atoms with Gasteiger partial charge >= 0.3 is 5.97 Å². The lowest BCUT2D eigenvalue weighted by Gasteiger charge is -2.35. The predicted molar refractivity (Wildman–Crippen MR) is 125 cm³/mol. The summed E-state index contributed by atoms with van der Waals surface area (Å²) in [6, 6.07) is 4.03. The molecule has 4 aliphatic rings. The highest BCUT2D eigenvalue weighted by Crippen LogP contribution is 2.36. The van der Waals surface area contributed by atoms with Gasteiger partial charge in [-0.05, 0) is 43.7 Å². The highest BCUT2D eigenvalue weighted by molar-refractivity contribution is 6.25. The molecule has 0 spiro atoms. The van der Waals surface area contributed by atoms with Gasteiger partial charge < -0.3 is 14.9 Å². The summed E-state index contributed by atoms with van der Waals surface area (Å²) in [5.74, 6) is -3.58. The van der Waals surface area contributed by atoms with Crippen LogP contribution >= 0.6 is 0 Å². The van der Waals surface area contributed by atoms with E-state index in [1.807, 2.05) is 4.90 Å². The van der Waals surface area contributed by atoms with Crippen molar-refractivity contribution in [3.63, 3.8) is 0 Å². The molecule has 1 aromatic rings. The molecule has 0 bridgehead atoms. The van der Waals surface area contributed by atoms with Gasteiger partial charge in [-0.3, -0.25) is 39.0 Å². The van der Waals surface area contributed by atoms with Crippen LogP contribution in [-0.2, 0) is 19.2 Å². The molecule has 2 unspecified atom stereocenters. The van der Waals surface area contributed by atoms with Crippen LogP contribution in [-0.4, -0.2) is 82.6 Å². The number of benzene rings is 1. The Kier molecular flexibility index (Phi) is 6.23. The van der Waals surface area contributed by atoms with E-state index in [1.54, 1.807) is 23.1 Å². The minimum Gasteiger partial charge on any atom is -0.481 e. The summed E-state index contributed by atoms with van der Waals surface area (Å²) < 4.78 is 0. The van der Waals surface area contributed by atoms with E-state index in [9.17, 15) is 33.9 Å². The summed E-state index contributed by atoms with van der Waals surface area (Å²) in [5, 5.41) is 11.4. The van der Waals surface area contributed by atoms with Gasteiger partial charge in [-0.1, -0.05) is 6.07 Å². The first-order valence-electron chi connectivity index (χ1n) is 12.3. The summed E-state index contributed by atoms with van der Waals surface area (Å²) in [6.45, 7) is 1.87. The van der Waals surface area contributed by atoms with Crippen molar-refractivity contribution in [2.75, 3.05) is 31.1 Å². The van der Waals surface area contributed by atoms with Crippen LogP contribution in [0.2, 0.25) is 0 Å². The SMILES string of the molecule is O=C1CCC(N2C(=O)c3cccc(N4CCC[C@H](CC(=O)N5CCC(C(=O)O)C5)C4)c3C2=O)C(=O)N1. The topological polar surface area (TPSA) is 144 Å². The van der Waals surface area contributed by atoms with E-state index in [1.165, 1.54) is 0 Å². The number of aliphatic carboxylic acids is 1. The molecule has 190 valence electrons. The van der Waals surface area contributed by atoms with Crippen LogP contribution in [0.25, 0.3) is 0 Å². The third-order valence-electron chi connectivity index (χ3n) is 7.66. The van der Waals surface area contributed by atoms with Gasteiger partial charge in [0.05, 0.1) is 22.7 Å². The van der Waals surface area contributed by atoms with Gasteiger partial charge in [0.2, 0.25) is 17.7 Å². The fourth-order valence-corrected chi connectivity index (χ4v) is 5.78. The Labute approximate surface area is 207 Å². The first kappa shape index (κ1) is 24.0. The number of likely N-dealkylation sites (tertiary alicyclic amines) is 1. The van der Waals surface area contributed by atoms with Crippen molar-refractivity contribution in [2.24, 2.45) is 11.8 Å². The Hall–Kier alpha value is -3.76. The van der Waals surface area contributed by atoms with Gasteiger partial charge in [-0.25, -0.2) is 0 Å². The number of hydrogen-bond donors (Lipinski definition) is 2. The Morgan fingerprint density at radius 1 is 1.00 bits per heavy atom. The average Bonchev–Trinajstić information content (AvgIpc) is 3.44. The number of fused-ring (bicyclic) bond motifs is 1. The molecule has 3 saturated heterocycles. The van der Waals surface area contributed by atoms with Crippen molar-refractivity contribution in [2.45, 2.75) is 44.6 Å². The molecule has 5 amide bonds. The van der Waals surface area contributed by atoms with Crippen LogP contribution in [0.15, 0.2) is 18.2 Å². The van der Waals surface area contributed by atoms with Crippen molar-refractivity contribution in [1.82, 2.24) is 15.1 Å². The first-order valence-corrected chi connectivity index (χ1v) is 12.3. The van der Waals surface area contributed by atoms with Crippen LogP contribution in [0.3, 0.4) is 0 Å². The molecule has 11 heteroatoms. The van der Waals surface area contributed by atoms with Gasteiger partial charge in [-0.2, -0.15) is 0 Å². The summed E-state index contributed by atoms with van der Waals surface area (Å²) in [5.41, 5.74) is 1.09. The number of carbonyl (C=O) groups excluding carboxylic acids is 5. The van der Waals surface area contributed by atoms with Crippen molar-refractivity contribution in [1.29, 1.82) is 0 Å². The lowest BCUT2D eigenvalue weighted by Crippen LogP contribution is -2.54. The standard InChI is InChI=1S/C25H28N4O7/c30-19-7-6-18(22(32)26-19)29-23(33)16-4-1-5-17(21(16)24(29)34)27-9-2-3-14(12-27)11-20(31)28-10-8-15(13-28)25(35)36/h1,4-5,14-15,18H,2-3,6-13H2,(H,35,36)(H,26,30,32)/t14-,15?,18?/m1/s1. The van der Waals surface area contributed by atoms with Crippen LogP contribution in [0, 0.1) is 11.8 Å². The van der Waals surface area contributed by atoms with Crippen molar-refractivity contribution in [3.05, 3.63) is 29.3 Å². The highest BCUT2D eigenvalue weighted by atomic mass is 16.4. The van der Waals surface area contributed by atoms with Crippen LogP contribution in [0.5, 0.6) is 0 Å². The van der Waals surface area contributed by atoms with E-state index in [4.69, 9.17) is 0 Å². The minimum absolute atomic E-state index is 0.0319. The van der Waals surface area contributed by atoms with Crippen LogP contribution in [0.1, 0.15) is 59.2 Å². The number of nitrogens with zero attached hydrogens (tertiary/aromatic N) is 3. The summed E-state index contributed by atoms with van der Waals surface area (Å²) >= 11 is 0. The molecule has 0 aliphatic carbocycles. The fourth-order valence-electron chi connectivity index (χ4n) is 5.78. The van der Waals surface area contributed by atoms with Gasteiger partial charge in [-0.15, -0.1) is 0 Å². The second-order valence-corrected chi connectivity index (χ2v) is 9.97. The second-order valence-electron chi connectivity index (χ2n) is 9.97. The quantitative estimate of drug-likeness (QED) is 0.565. The third-order valence-corrected chi connectivity index (χ3v) is 7.66. The third kappa shape index (κ3) is 4.22. The number of hydrogen-bond acceptors (Lipinski definition) is 7. The number of piperidine rings is 2. The summed E-state index contributed by atoms with van der Waals surface area (Å²) in [7, 11) is 0. The maximum atomic E-state index is 13.4. The average molecular weight is 497 g/mol. The fraction of sp³-hybridized carbons (Fsp3) is 0.520. The molecule has 3 atom stereocenters. The van der Waals surface area contributed by atoms with Gasteiger partial charge in [0.25, 0.3) is 11.8 Å². The number of nitrogens with one attached hydrogen (secondary N) is 1. The van der Waals surface area contributed by atoms with Crippen molar-refractivity contribution < 1.29 is 33.9 Å². The molecular formula is C25H28N4O7. The molecule has 0 radical (unpaired) electrons. The molecule has 0 saturated carbocycles. The zero-order valence-electron chi connectivity index (χ0n) is 19.8. The monoisotopic (exact) mass is 496 g/mol. The maximum Gasteiger partial charge on any atom is 0.308 e. The Morgan fingerprint density at radius 2 is 1.81 bits per heavy atom.